The fraction of sp³-hybridized carbons (Fsp3) is 0.316. The molecule has 1 heterocycles. The van der Waals surface area contributed by atoms with Crippen LogP contribution in [0.15, 0.2) is 42.5 Å². The van der Waals surface area contributed by atoms with Crippen molar-refractivity contribution in [1.82, 2.24) is 15.0 Å². The molecular weight excluding hydrogens is 300 g/mol. The van der Waals surface area contributed by atoms with Gasteiger partial charge < -0.3 is 5.32 Å². The number of nitrogens with zero attached hydrogens (tertiary/aromatic N) is 3. The summed E-state index contributed by atoms with van der Waals surface area (Å²) in [7, 11) is 0. The van der Waals surface area contributed by atoms with E-state index in [1.165, 1.54) is 12.8 Å². The van der Waals surface area contributed by atoms with Gasteiger partial charge in [0.1, 0.15) is 5.52 Å². The van der Waals surface area contributed by atoms with Gasteiger partial charge >= 0.3 is 0 Å². The smallest absolute Gasteiger partial charge is 0.255 e. The number of fused-ring (bicyclic) bond motifs is 1. The predicted molar refractivity (Wildman–Crippen MR) is 94.2 cm³/mol. The molecule has 3 aromatic rings. The zero-order valence-corrected chi connectivity index (χ0v) is 13.7. The molecule has 4 rings (SSSR count). The van der Waals surface area contributed by atoms with E-state index in [4.69, 9.17) is 0 Å². The zero-order valence-electron chi connectivity index (χ0n) is 13.7. The van der Waals surface area contributed by atoms with Crippen LogP contribution in [0.3, 0.4) is 0 Å². The molecule has 1 fully saturated rings. The van der Waals surface area contributed by atoms with E-state index < -0.39 is 0 Å². The largest absolute Gasteiger partial charge is 0.322 e. The van der Waals surface area contributed by atoms with Crippen molar-refractivity contribution in [2.75, 3.05) is 5.32 Å². The van der Waals surface area contributed by atoms with Crippen LogP contribution in [0.25, 0.3) is 11.0 Å². The number of aryl methyl sites for hydroxylation is 1. The summed E-state index contributed by atoms with van der Waals surface area (Å²) in [5, 5.41) is 11.5. The second-order valence-corrected chi connectivity index (χ2v) is 6.50. The summed E-state index contributed by atoms with van der Waals surface area (Å²) in [5.41, 5.74) is 4.34. The topological polar surface area (TPSA) is 59.8 Å². The second kappa shape index (κ2) is 6.07. The summed E-state index contributed by atoms with van der Waals surface area (Å²) in [4.78, 5) is 12.4. The molecule has 1 aliphatic rings. The monoisotopic (exact) mass is 320 g/mol. The van der Waals surface area contributed by atoms with Gasteiger partial charge in [0.2, 0.25) is 0 Å². The lowest BCUT2D eigenvalue weighted by atomic mass is 10.1. The maximum atomic E-state index is 12.4. The van der Waals surface area contributed by atoms with Crippen molar-refractivity contribution >= 4 is 22.6 Å². The number of hydrogen-bond donors (Lipinski definition) is 1. The van der Waals surface area contributed by atoms with E-state index >= 15 is 0 Å². The van der Waals surface area contributed by atoms with Gasteiger partial charge in [0.05, 0.1) is 11.6 Å². The molecule has 5 heteroatoms. The molecular formula is C19H20N4O. The Kier molecular flexibility index (Phi) is 3.76. The minimum atomic E-state index is -0.129. The van der Waals surface area contributed by atoms with Gasteiger partial charge in [-0.2, -0.15) is 0 Å². The fourth-order valence-corrected chi connectivity index (χ4v) is 3.34. The lowest BCUT2D eigenvalue weighted by Crippen LogP contribution is -2.12. The summed E-state index contributed by atoms with van der Waals surface area (Å²) in [6.07, 6.45) is 4.83. The molecule has 0 unspecified atom stereocenters. The number of carbonyl (C=O) groups is 1. The summed E-state index contributed by atoms with van der Waals surface area (Å²) >= 11 is 0. The van der Waals surface area contributed by atoms with E-state index in [1.54, 1.807) is 0 Å². The average Bonchev–Trinajstić information content (AvgIpc) is 3.25. The SMILES string of the molecule is Cc1ccc(NC(=O)c2ccc3c(c2)nnn3C2CCCC2)cc1. The Morgan fingerprint density at radius 1 is 1.12 bits per heavy atom. The molecule has 0 spiro atoms. The van der Waals surface area contributed by atoms with E-state index in [9.17, 15) is 4.79 Å². The van der Waals surface area contributed by atoms with Gasteiger partial charge in [-0.1, -0.05) is 35.8 Å². The third-order valence-corrected chi connectivity index (χ3v) is 4.71. The van der Waals surface area contributed by atoms with Crippen molar-refractivity contribution in [3.63, 3.8) is 0 Å². The third kappa shape index (κ3) is 2.77. The quantitative estimate of drug-likeness (QED) is 0.790. The lowest BCUT2D eigenvalue weighted by molar-refractivity contribution is 0.102. The van der Waals surface area contributed by atoms with Gasteiger partial charge in [-0.3, -0.25) is 4.79 Å². The van der Waals surface area contributed by atoms with Gasteiger partial charge in [-0.05, 0) is 50.1 Å². The van der Waals surface area contributed by atoms with E-state index in [-0.39, 0.29) is 5.91 Å². The molecule has 24 heavy (non-hydrogen) atoms. The minimum Gasteiger partial charge on any atom is -0.322 e. The first-order chi connectivity index (χ1) is 11.7. The zero-order chi connectivity index (χ0) is 16.5. The van der Waals surface area contributed by atoms with E-state index in [0.717, 1.165) is 35.1 Å². The maximum Gasteiger partial charge on any atom is 0.255 e. The van der Waals surface area contributed by atoms with Gasteiger partial charge in [-0.25, -0.2) is 4.68 Å². The number of nitrogens with one attached hydrogen (secondary N) is 1. The Labute approximate surface area is 140 Å². The molecule has 1 aliphatic carbocycles. The van der Waals surface area contributed by atoms with Crippen molar-refractivity contribution in [3.8, 4) is 0 Å². The Hall–Kier alpha value is -2.69. The number of anilines is 1. The summed E-state index contributed by atoms with van der Waals surface area (Å²) in [6.45, 7) is 2.02. The van der Waals surface area contributed by atoms with Crippen LogP contribution < -0.4 is 5.32 Å². The molecule has 5 nitrogen and oxygen atoms in total. The Morgan fingerprint density at radius 3 is 2.62 bits per heavy atom. The van der Waals surface area contributed by atoms with Gasteiger partial charge in [-0.15, -0.1) is 5.10 Å². The number of benzene rings is 2. The molecule has 122 valence electrons. The Bertz CT molecular complexity index is 876. The molecule has 0 radical (unpaired) electrons. The maximum absolute atomic E-state index is 12.4. The van der Waals surface area contributed by atoms with Crippen molar-refractivity contribution in [2.45, 2.75) is 38.6 Å². The van der Waals surface area contributed by atoms with Crippen molar-refractivity contribution < 1.29 is 4.79 Å². The van der Waals surface area contributed by atoms with Crippen LogP contribution in [-0.2, 0) is 0 Å². The second-order valence-electron chi connectivity index (χ2n) is 6.50. The standard InChI is InChI=1S/C19H20N4O/c1-13-6-9-15(10-7-13)20-19(24)14-8-11-18-17(12-14)21-22-23(18)16-4-2-3-5-16/h6-12,16H,2-5H2,1H3,(H,20,24). The van der Waals surface area contributed by atoms with E-state index in [0.29, 0.717) is 11.6 Å². The van der Waals surface area contributed by atoms with Crippen molar-refractivity contribution in [3.05, 3.63) is 53.6 Å². The minimum absolute atomic E-state index is 0.129. The highest BCUT2D eigenvalue weighted by molar-refractivity contribution is 6.05. The molecule has 0 saturated heterocycles. The molecule has 1 saturated carbocycles. The summed E-state index contributed by atoms with van der Waals surface area (Å²) in [6, 6.07) is 13.8. The van der Waals surface area contributed by atoms with Crippen LogP contribution in [0.2, 0.25) is 0 Å². The fourth-order valence-electron chi connectivity index (χ4n) is 3.34. The average molecular weight is 320 g/mol. The Balaban J connectivity index is 1.58. The van der Waals surface area contributed by atoms with Crippen molar-refractivity contribution in [1.29, 1.82) is 0 Å². The van der Waals surface area contributed by atoms with Crippen LogP contribution in [0, 0.1) is 6.92 Å². The predicted octanol–water partition coefficient (Wildman–Crippen LogP) is 4.11. The number of amides is 1. The third-order valence-electron chi connectivity index (χ3n) is 4.71. The van der Waals surface area contributed by atoms with Gasteiger partial charge in [0.25, 0.3) is 5.91 Å². The summed E-state index contributed by atoms with van der Waals surface area (Å²) < 4.78 is 2.02. The first-order valence-electron chi connectivity index (χ1n) is 8.44. The number of rotatable bonds is 3. The highest BCUT2D eigenvalue weighted by atomic mass is 16.1. The lowest BCUT2D eigenvalue weighted by Gasteiger charge is -2.10. The van der Waals surface area contributed by atoms with Crippen LogP contribution in [0.1, 0.15) is 47.6 Å². The Morgan fingerprint density at radius 2 is 1.88 bits per heavy atom. The van der Waals surface area contributed by atoms with Gasteiger partial charge in [0, 0.05) is 11.3 Å². The van der Waals surface area contributed by atoms with E-state index in [2.05, 4.69) is 15.6 Å². The van der Waals surface area contributed by atoms with Crippen LogP contribution in [-0.4, -0.2) is 20.9 Å². The van der Waals surface area contributed by atoms with E-state index in [1.807, 2.05) is 54.1 Å². The highest BCUT2D eigenvalue weighted by Crippen LogP contribution is 2.31. The molecule has 2 aromatic carbocycles. The first kappa shape index (κ1) is 14.9. The van der Waals surface area contributed by atoms with Crippen LogP contribution >= 0.6 is 0 Å². The molecule has 0 atom stereocenters. The molecule has 0 aliphatic heterocycles. The molecule has 1 amide bonds. The molecule has 0 bridgehead atoms. The number of carbonyl (C=O) groups excluding carboxylic acids is 1. The molecule has 1 aromatic heterocycles. The number of hydrogen-bond acceptors (Lipinski definition) is 3. The molecule has 1 N–H and O–H groups in total. The van der Waals surface area contributed by atoms with Crippen molar-refractivity contribution in [2.24, 2.45) is 0 Å². The van der Waals surface area contributed by atoms with Gasteiger partial charge in [0.15, 0.2) is 0 Å². The first-order valence-corrected chi connectivity index (χ1v) is 8.44. The normalized spacial score (nSPS) is 15.0. The number of aromatic nitrogens is 3. The van der Waals surface area contributed by atoms with Crippen LogP contribution in [0.4, 0.5) is 5.69 Å². The van der Waals surface area contributed by atoms with Crippen LogP contribution in [0.5, 0.6) is 0 Å². The highest BCUT2D eigenvalue weighted by Gasteiger charge is 2.20. The summed E-state index contributed by atoms with van der Waals surface area (Å²) in [5.74, 6) is -0.129.